The Kier molecular flexibility index (Phi) is 4.87. The maximum Gasteiger partial charge on any atom is 0.390 e. The Morgan fingerprint density at radius 2 is 1.95 bits per heavy atom. The van der Waals surface area contributed by atoms with Gasteiger partial charge in [-0.25, -0.2) is 12.7 Å². The molecule has 0 aliphatic heterocycles. The summed E-state index contributed by atoms with van der Waals surface area (Å²) < 4.78 is 66.1. The van der Waals surface area contributed by atoms with Gasteiger partial charge in [0.2, 0.25) is 10.0 Å². The SMILES string of the molecule is COc1cc(S(=O)(=O)N(C)CCC(F)(F)F)ccc1N. The number of rotatable bonds is 5. The van der Waals surface area contributed by atoms with Gasteiger partial charge in [-0.1, -0.05) is 0 Å². The van der Waals surface area contributed by atoms with Gasteiger partial charge in [0.1, 0.15) is 5.75 Å². The van der Waals surface area contributed by atoms with Gasteiger partial charge in [-0.15, -0.1) is 0 Å². The molecule has 1 rings (SSSR count). The molecular formula is C11H15F3N2O3S. The zero-order chi connectivity index (χ0) is 15.6. The molecule has 0 spiro atoms. The molecule has 0 heterocycles. The number of anilines is 1. The fraction of sp³-hybridized carbons (Fsp3) is 0.455. The third kappa shape index (κ3) is 4.01. The van der Waals surface area contributed by atoms with Gasteiger partial charge in [0.15, 0.2) is 0 Å². The minimum atomic E-state index is -4.41. The van der Waals surface area contributed by atoms with Gasteiger partial charge in [0.25, 0.3) is 0 Å². The maximum absolute atomic E-state index is 12.1. The summed E-state index contributed by atoms with van der Waals surface area (Å²) in [6.45, 7) is -0.654. The number of hydrogen-bond donors (Lipinski definition) is 1. The minimum absolute atomic E-state index is 0.148. The third-order valence-electron chi connectivity index (χ3n) is 2.62. The van der Waals surface area contributed by atoms with E-state index in [0.717, 1.165) is 7.05 Å². The van der Waals surface area contributed by atoms with E-state index in [2.05, 4.69) is 0 Å². The third-order valence-corrected chi connectivity index (χ3v) is 4.48. The van der Waals surface area contributed by atoms with Crippen LogP contribution in [0.25, 0.3) is 0 Å². The molecule has 0 aromatic heterocycles. The van der Waals surface area contributed by atoms with Crippen LogP contribution < -0.4 is 10.5 Å². The molecule has 0 amide bonds. The minimum Gasteiger partial charge on any atom is -0.495 e. The highest BCUT2D eigenvalue weighted by Crippen LogP contribution is 2.27. The zero-order valence-corrected chi connectivity index (χ0v) is 11.8. The molecule has 0 bridgehead atoms. The standard InChI is InChI=1S/C11H15F3N2O3S/c1-16(6-5-11(12,13)14)20(17,18)8-3-4-9(15)10(7-8)19-2/h3-4,7H,5-6,15H2,1-2H3. The summed E-state index contributed by atoms with van der Waals surface area (Å²) in [6.07, 6.45) is -5.63. The molecule has 0 fully saturated rings. The summed E-state index contributed by atoms with van der Waals surface area (Å²) in [7, 11) is -1.61. The van der Waals surface area contributed by atoms with E-state index in [1.165, 1.54) is 25.3 Å². The summed E-state index contributed by atoms with van der Waals surface area (Å²) in [5.74, 6) is 0.148. The fourth-order valence-corrected chi connectivity index (χ4v) is 2.62. The van der Waals surface area contributed by atoms with Crippen molar-refractivity contribution in [3.8, 4) is 5.75 Å². The molecule has 0 saturated carbocycles. The summed E-state index contributed by atoms with van der Waals surface area (Å²) in [4.78, 5) is -0.173. The second-order valence-corrected chi connectivity index (χ2v) is 6.14. The molecule has 20 heavy (non-hydrogen) atoms. The normalized spacial score (nSPS) is 12.7. The van der Waals surface area contributed by atoms with E-state index in [9.17, 15) is 21.6 Å². The number of sulfonamides is 1. The van der Waals surface area contributed by atoms with Crippen LogP contribution in [-0.2, 0) is 10.0 Å². The summed E-state index contributed by atoms with van der Waals surface area (Å²) in [5.41, 5.74) is 5.79. The van der Waals surface area contributed by atoms with Crippen LogP contribution in [0.5, 0.6) is 5.75 Å². The summed E-state index contributed by atoms with van der Waals surface area (Å²) in [5, 5.41) is 0. The predicted octanol–water partition coefficient (Wildman–Crippen LogP) is 1.85. The molecule has 0 aliphatic carbocycles. The number of nitrogen functional groups attached to an aromatic ring is 1. The number of hydrogen-bond acceptors (Lipinski definition) is 4. The largest absolute Gasteiger partial charge is 0.495 e. The molecule has 1 aromatic carbocycles. The molecule has 0 unspecified atom stereocenters. The molecule has 0 atom stereocenters. The number of benzene rings is 1. The first-order valence-electron chi connectivity index (χ1n) is 5.54. The van der Waals surface area contributed by atoms with Crippen LogP contribution in [0.3, 0.4) is 0 Å². The van der Waals surface area contributed by atoms with Crippen LogP contribution in [0.15, 0.2) is 23.1 Å². The van der Waals surface area contributed by atoms with Crippen LogP contribution in [0.4, 0.5) is 18.9 Å². The van der Waals surface area contributed by atoms with Gasteiger partial charge in [-0.2, -0.15) is 13.2 Å². The Labute approximate surface area is 115 Å². The highest BCUT2D eigenvalue weighted by atomic mass is 32.2. The molecule has 2 N–H and O–H groups in total. The van der Waals surface area contributed by atoms with Gasteiger partial charge >= 0.3 is 6.18 Å². The smallest absolute Gasteiger partial charge is 0.390 e. The molecule has 114 valence electrons. The van der Waals surface area contributed by atoms with E-state index in [1.54, 1.807) is 0 Å². The molecule has 0 saturated heterocycles. The lowest BCUT2D eigenvalue weighted by Gasteiger charge is -2.18. The van der Waals surface area contributed by atoms with Crippen LogP contribution in [-0.4, -0.2) is 39.6 Å². The first kappa shape index (κ1) is 16.6. The second-order valence-electron chi connectivity index (χ2n) is 4.10. The van der Waals surface area contributed by atoms with E-state index in [1.807, 2.05) is 0 Å². The monoisotopic (exact) mass is 312 g/mol. The van der Waals surface area contributed by atoms with E-state index in [-0.39, 0.29) is 16.3 Å². The Morgan fingerprint density at radius 1 is 1.35 bits per heavy atom. The number of methoxy groups -OCH3 is 1. The lowest BCUT2D eigenvalue weighted by molar-refractivity contribution is -0.135. The van der Waals surface area contributed by atoms with E-state index < -0.39 is 29.2 Å². The van der Waals surface area contributed by atoms with Crippen LogP contribution in [0.2, 0.25) is 0 Å². The molecule has 5 nitrogen and oxygen atoms in total. The Bertz CT molecular complexity index is 573. The first-order valence-corrected chi connectivity index (χ1v) is 6.98. The van der Waals surface area contributed by atoms with Crippen molar-refractivity contribution in [2.75, 3.05) is 26.4 Å². The lowest BCUT2D eigenvalue weighted by Crippen LogP contribution is -2.30. The average molecular weight is 312 g/mol. The van der Waals surface area contributed by atoms with Crippen molar-refractivity contribution < 1.29 is 26.3 Å². The van der Waals surface area contributed by atoms with Crippen molar-refractivity contribution >= 4 is 15.7 Å². The van der Waals surface area contributed by atoms with Gasteiger partial charge in [0.05, 0.1) is 24.1 Å². The van der Waals surface area contributed by atoms with Crippen molar-refractivity contribution in [1.29, 1.82) is 0 Å². The van der Waals surface area contributed by atoms with E-state index >= 15 is 0 Å². The first-order chi connectivity index (χ1) is 9.08. The van der Waals surface area contributed by atoms with Gasteiger partial charge in [0, 0.05) is 19.7 Å². The number of halogens is 3. The molecule has 0 aliphatic rings. The van der Waals surface area contributed by atoms with E-state index in [0.29, 0.717) is 4.31 Å². The average Bonchev–Trinajstić information content (AvgIpc) is 2.35. The van der Waals surface area contributed by atoms with Gasteiger partial charge in [-0.3, -0.25) is 0 Å². The Hall–Kier alpha value is -1.48. The van der Waals surface area contributed by atoms with Gasteiger partial charge < -0.3 is 10.5 Å². The highest BCUT2D eigenvalue weighted by molar-refractivity contribution is 7.89. The maximum atomic E-state index is 12.1. The predicted molar refractivity (Wildman–Crippen MR) is 67.9 cm³/mol. The number of ether oxygens (including phenoxy) is 1. The zero-order valence-electron chi connectivity index (χ0n) is 10.9. The Balaban J connectivity index is 2.98. The van der Waals surface area contributed by atoms with Crippen LogP contribution in [0, 0.1) is 0 Å². The van der Waals surface area contributed by atoms with E-state index in [4.69, 9.17) is 10.5 Å². The summed E-state index contributed by atoms with van der Waals surface area (Å²) in [6, 6.07) is 3.72. The fourth-order valence-electron chi connectivity index (χ4n) is 1.44. The van der Waals surface area contributed by atoms with Gasteiger partial charge in [-0.05, 0) is 12.1 Å². The number of nitrogens with zero attached hydrogens (tertiary/aromatic N) is 1. The number of alkyl halides is 3. The Morgan fingerprint density at radius 3 is 2.45 bits per heavy atom. The number of nitrogens with two attached hydrogens (primary N) is 1. The van der Waals surface area contributed by atoms with Crippen molar-refractivity contribution in [3.63, 3.8) is 0 Å². The summed E-state index contributed by atoms with van der Waals surface area (Å²) >= 11 is 0. The topological polar surface area (TPSA) is 72.6 Å². The van der Waals surface area contributed by atoms with Crippen LogP contribution >= 0.6 is 0 Å². The second kappa shape index (κ2) is 5.88. The quantitative estimate of drug-likeness (QED) is 0.842. The van der Waals surface area contributed by atoms with Crippen molar-refractivity contribution in [3.05, 3.63) is 18.2 Å². The lowest BCUT2D eigenvalue weighted by atomic mass is 10.3. The molecule has 9 heteroatoms. The molecule has 1 aromatic rings. The van der Waals surface area contributed by atoms with Crippen LogP contribution in [0.1, 0.15) is 6.42 Å². The van der Waals surface area contributed by atoms with Crippen molar-refractivity contribution in [2.24, 2.45) is 0 Å². The highest BCUT2D eigenvalue weighted by Gasteiger charge is 2.30. The van der Waals surface area contributed by atoms with Crippen molar-refractivity contribution in [1.82, 2.24) is 4.31 Å². The molecule has 0 radical (unpaired) electrons. The molecular weight excluding hydrogens is 297 g/mol. The van der Waals surface area contributed by atoms with Crippen molar-refractivity contribution in [2.45, 2.75) is 17.5 Å².